The second kappa shape index (κ2) is 11.4. The van der Waals surface area contributed by atoms with Crippen LogP contribution in [0.25, 0.3) is 0 Å². The molecule has 0 N–H and O–H groups in total. The zero-order chi connectivity index (χ0) is 17.2. The minimum absolute atomic E-state index is 0.0272. The average molecular weight is 346 g/mol. The van der Waals surface area contributed by atoms with E-state index in [1.807, 2.05) is 0 Å². The number of unbranched alkanes of at least 4 members (excludes halogenated alkanes) is 1. The van der Waals surface area contributed by atoms with Crippen molar-refractivity contribution in [2.45, 2.75) is 76.2 Å². The molecule has 0 aromatic rings. The third-order valence-corrected chi connectivity index (χ3v) is 4.65. The van der Waals surface area contributed by atoms with Gasteiger partial charge in [-0.05, 0) is 12.8 Å². The quantitative estimate of drug-likeness (QED) is 0.567. The predicted octanol–water partition coefficient (Wildman–Crippen LogP) is 2.53. The Hall–Kier alpha value is -0.240. The fraction of sp³-hybridized carbons (Fsp3) is 1.00. The molecule has 2 heterocycles. The minimum atomic E-state index is -0.253. The topological polar surface area (TPSA) is 55.4 Å². The maximum Gasteiger partial charge on any atom is 0.160 e. The summed E-state index contributed by atoms with van der Waals surface area (Å²) in [5.41, 5.74) is 0. The molecule has 0 spiro atoms. The van der Waals surface area contributed by atoms with E-state index in [-0.39, 0.29) is 30.7 Å². The van der Waals surface area contributed by atoms with Crippen LogP contribution in [-0.2, 0) is 28.4 Å². The molecule has 5 atom stereocenters. The van der Waals surface area contributed by atoms with Gasteiger partial charge >= 0.3 is 0 Å². The Morgan fingerprint density at radius 1 is 0.958 bits per heavy atom. The summed E-state index contributed by atoms with van der Waals surface area (Å²) in [4.78, 5) is 0. The number of rotatable bonds is 10. The highest BCUT2D eigenvalue weighted by molar-refractivity contribution is 4.76. The van der Waals surface area contributed by atoms with E-state index in [4.69, 9.17) is 28.4 Å². The van der Waals surface area contributed by atoms with E-state index in [9.17, 15) is 0 Å². The number of hydrogen-bond acceptors (Lipinski definition) is 6. The highest BCUT2D eigenvalue weighted by atomic mass is 16.7. The Morgan fingerprint density at radius 3 is 2.54 bits per heavy atom. The molecule has 6 nitrogen and oxygen atoms in total. The van der Waals surface area contributed by atoms with Crippen LogP contribution >= 0.6 is 0 Å². The highest BCUT2D eigenvalue weighted by Crippen LogP contribution is 2.25. The molecular weight excluding hydrogens is 312 g/mol. The van der Waals surface area contributed by atoms with Crippen LogP contribution in [0.4, 0.5) is 0 Å². The molecule has 2 saturated heterocycles. The van der Waals surface area contributed by atoms with Crippen molar-refractivity contribution < 1.29 is 28.4 Å². The van der Waals surface area contributed by atoms with Gasteiger partial charge < -0.3 is 28.4 Å². The van der Waals surface area contributed by atoms with Crippen molar-refractivity contribution in [3.8, 4) is 0 Å². The van der Waals surface area contributed by atoms with Gasteiger partial charge in [-0.25, -0.2) is 0 Å². The van der Waals surface area contributed by atoms with Gasteiger partial charge in [-0.15, -0.1) is 0 Å². The summed E-state index contributed by atoms with van der Waals surface area (Å²) >= 11 is 0. The van der Waals surface area contributed by atoms with E-state index in [0.29, 0.717) is 13.2 Å². The van der Waals surface area contributed by atoms with Gasteiger partial charge in [0.2, 0.25) is 0 Å². The van der Waals surface area contributed by atoms with Crippen LogP contribution in [0.15, 0.2) is 0 Å². The van der Waals surface area contributed by atoms with Crippen LogP contribution in [0, 0.1) is 0 Å². The third-order valence-electron chi connectivity index (χ3n) is 4.65. The fourth-order valence-corrected chi connectivity index (χ4v) is 3.25. The minimum Gasteiger partial charge on any atom is -0.382 e. The maximum absolute atomic E-state index is 5.99. The predicted molar refractivity (Wildman–Crippen MR) is 90.1 cm³/mol. The highest BCUT2D eigenvalue weighted by Gasteiger charge is 2.32. The van der Waals surface area contributed by atoms with Gasteiger partial charge in [0, 0.05) is 46.7 Å². The van der Waals surface area contributed by atoms with E-state index in [1.54, 1.807) is 14.2 Å². The second-order valence-electron chi connectivity index (χ2n) is 6.67. The molecule has 0 amide bonds. The van der Waals surface area contributed by atoms with E-state index in [0.717, 1.165) is 51.7 Å². The second-order valence-corrected chi connectivity index (χ2v) is 6.67. The van der Waals surface area contributed by atoms with Gasteiger partial charge in [0.05, 0.1) is 37.6 Å². The van der Waals surface area contributed by atoms with Crippen LogP contribution in [-0.4, -0.2) is 71.4 Å². The Bertz CT molecular complexity index is 327. The summed E-state index contributed by atoms with van der Waals surface area (Å²) in [6.45, 7) is 4.80. The van der Waals surface area contributed by atoms with Crippen molar-refractivity contribution in [3.63, 3.8) is 0 Å². The summed E-state index contributed by atoms with van der Waals surface area (Å²) in [5.74, 6) is 0. The van der Waals surface area contributed by atoms with Crippen molar-refractivity contribution in [3.05, 3.63) is 0 Å². The van der Waals surface area contributed by atoms with Crippen LogP contribution in [0.1, 0.15) is 45.4 Å². The van der Waals surface area contributed by atoms with Gasteiger partial charge in [-0.1, -0.05) is 13.3 Å². The molecule has 2 aliphatic rings. The Morgan fingerprint density at radius 2 is 1.79 bits per heavy atom. The summed E-state index contributed by atoms with van der Waals surface area (Å²) in [7, 11) is 3.45. The largest absolute Gasteiger partial charge is 0.382 e. The smallest absolute Gasteiger partial charge is 0.160 e. The van der Waals surface area contributed by atoms with Gasteiger partial charge in [0.25, 0.3) is 0 Å². The fourth-order valence-electron chi connectivity index (χ4n) is 3.25. The summed E-state index contributed by atoms with van der Waals surface area (Å²) in [5, 5.41) is 0. The van der Waals surface area contributed by atoms with Crippen LogP contribution < -0.4 is 0 Å². The molecular formula is C18H34O6. The lowest BCUT2D eigenvalue weighted by atomic mass is 10.0. The molecule has 0 radical (unpaired) electrons. The van der Waals surface area contributed by atoms with Crippen LogP contribution in [0.5, 0.6) is 0 Å². The lowest BCUT2D eigenvalue weighted by molar-refractivity contribution is -0.240. The molecule has 0 aliphatic carbocycles. The molecule has 6 heteroatoms. The first-order valence-electron chi connectivity index (χ1n) is 9.27. The monoisotopic (exact) mass is 346 g/mol. The molecule has 0 bridgehead atoms. The van der Waals surface area contributed by atoms with Gasteiger partial charge in [-0.3, -0.25) is 0 Å². The third kappa shape index (κ3) is 6.94. The Balaban J connectivity index is 1.76. The maximum atomic E-state index is 5.99. The van der Waals surface area contributed by atoms with Crippen molar-refractivity contribution in [1.29, 1.82) is 0 Å². The summed E-state index contributed by atoms with van der Waals surface area (Å²) in [6, 6.07) is 0. The van der Waals surface area contributed by atoms with Gasteiger partial charge in [0.1, 0.15) is 0 Å². The number of methoxy groups -OCH3 is 2. The summed E-state index contributed by atoms with van der Waals surface area (Å²) < 4.78 is 34.4. The lowest BCUT2D eigenvalue weighted by Crippen LogP contribution is -2.42. The molecule has 2 rings (SSSR count). The van der Waals surface area contributed by atoms with Crippen molar-refractivity contribution in [1.82, 2.24) is 0 Å². The van der Waals surface area contributed by atoms with Gasteiger partial charge in [-0.2, -0.15) is 0 Å². The molecule has 142 valence electrons. The van der Waals surface area contributed by atoms with Crippen molar-refractivity contribution in [2.75, 3.05) is 40.6 Å². The molecule has 5 unspecified atom stereocenters. The zero-order valence-corrected chi connectivity index (χ0v) is 15.4. The Kier molecular flexibility index (Phi) is 9.53. The summed E-state index contributed by atoms with van der Waals surface area (Å²) in [6.07, 6.45) is 5.99. The molecule has 0 aromatic carbocycles. The van der Waals surface area contributed by atoms with Crippen molar-refractivity contribution >= 4 is 0 Å². The molecule has 0 aromatic heterocycles. The molecule has 0 saturated carbocycles. The number of hydrogen-bond donors (Lipinski definition) is 0. The molecule has 2 aliphatic heterocycles. The Labute approximate surface area is 146 Å². The van der Waals surface area contributed by atoms with E-state index < -0.39 is 0 Å². The average Bonchev–Trinajstić information content (AvgIpc) is 2.61. The standard InChI is InChI=1S/C18H34O6/c1-4-5-7-21-15-10-17(12-19-2)24-18(11-15)23-13-16-9-14(20-3)6-8-22-16/h14-18H,4-13H2,1-3H3. The zero-order valence-electron chi connectivity index (χ0n) is 15.4. The van der Waals surface area contributed by atoms with E-state index >= 15 is 0 Å². The van der Waals surface area contributed by atoms with Crippen molar-refractivity contribution in [2.24, 2.45) is 0 Å². The number of ether oxygens (including phenoxy) is 6. The SMILES string of the molecule is CCCCOC1CC(COC)OC(OCC2CC(OC)CCO2)C1. The van der Waals surface area contributed by atoms with Crippen LogP contribution in [0.2, 0.25) is 0 Å². The van der Waals surface area contributed by atoms with E-state index in [2.05, 4.69) is 6.92 Å². The first kappa shape index (κ1) is 20.1. The van der Waals surface area contributed by atoms with Gasteiger partial charge in [0.15, 0.2) is 6.29 Å². The first-order chi connectivity index (χ1) is 11.7. The van der Waals surface area contributed by atoms with Crippen LogP contribution in [0.3, 0.4) is 0 Å². The molecule has 24 heavy (non-hydrogen) atoms. The normalized spacial score (nSPS) is 34.4. The van der Waals surface area contributed by atoms with E-state index in [1.165, 1.54) is 0 Å². The molecule has 2 fully saturated rings. The lowest BCUT2D eigenvalue weighted by Gasteiger charge is -2.36. The first-order valence-corrected chi connectivity index (χ1v) is 9.27.